The van der Waals surface area contributed by atoms with Crippen LogP contribution in [0, 0.1) is 12.7 Å². The van der Waals surface area contributed by atoms with Gasteiger partial charge in [0.05, 0.1) is 6.10 Å². The van der Waals surface area contributed by atoms with Gasteiger partial charge < -0.3 is 10.5 Å². The fourth-order valence-electron chi connectivity index (χ4n) is 2.70. The summed E-state index contributed by atoms with van der Waals surface area (Å²) in [5, 5.41) is 0. The highest BCUT2D eigenvalue weighted by Gasteiger charge is 2.24. The summed E-state index contributed by atoms with van der Waals surface area (Å²) in [7, 11) is 1.99. The van der Waals surface area contributed by atoms with E-state index in [-0.39, 0.29) is 18.0 Å². The monoisotopic (exact) mass is 266 g/mol. The minimum Gasteiger partial charge on any atom is -0.377 e. The van der Waals surface area contributed by atoms with E-state index >= 15 is 0 Å². The molecule has 0 spiro atoms. The van der Waals surface area contributed by atoms with E-state index in [1.54, 1.807) is 6.07 Å². The van der Waals surface area contributed by atoms with Gasteiger partial charge in [-0.3, -0.25) is 4.90 Å². The van der Waals surface area contributed by atoms with E-state index in [1.807, 2.05) is 20.0 Å². The summed E-state index contributed by atoms with van der Waals surface area (Å²) in [6.45, 7) is 4.01. The number of rotatable bonds is 5. The molecule has 19 heavy (non-hydrogen) atoms. The van der Waals surface area contributed by atoms with Gasteiger partial charge in [0.1, 0.15) is 5.82 Å². The normalized spacial score (nSPS) is 21.0. The summed E-state index contributed by atoms with van der Waals surface area (Å²) in [5.41, 5.74) is 7.59. The van der Waals surface area contributed by atoms with Gasteiger partial charge in [0, 0.05) is 31.3 Å². The zero-order valence-electron chi connectivity index (χ0n) is 11.7. The molecule has 106 valence electrons. The summed E-state index contributed by atoms with van der Waals surface area (Å²) < 4.78 is 19.6. The number of halogens is 1. The highest BCUT2D eigenvalue weighted by molar-refractivity contribution is 5.27. The second-order valence-electron chi connectivity index (χ2n) is 5.35. The Labute approximate surface area is 114 Å². The van der Waals surface area contributed by atoms with Crippen molar-refractivity contribution in [1.29, 1.82) is 0 Å². The molecule has 3 nitrogen and oxygen atoms in total. The molecule has 1 aromatic rings. The summed E-state index contributed by atoms with van der Waals surface area (Å²) >= 11 is 0. The molecule has 2 atom stereocenters. The van der Waals surface area contributed by atoms with E-state index in [4.69, 9.17) is 10.5 Å². The van der Waals surface area contributed by atoms with Crippen LogP contribution in [-0.4, -0.2) is 37.7 Å². The molecule has 1 aromatic carbocycles. The maximum atomic E-state index is 14.0. The lowest BCUT2D eigenvalue weighted by atomic mass is 10.0. The summed E-state index contributed by atoms with van der Waals surface area (Å²) in [6.07, 6.45) is 2.45. The van der Waals surface area contributed by atoms with Crippen LogP contribution in [0.2, 0.25) is 0 Å². The lowest BCUT2D eigenvalue weighted by molar-refractivity contribution is 0.0684. The topological polar surface area (TPSA) is 38.5 Å². The lowest BCUT2D eigenvalue weighted by Crippen LogP contribution is -2.36. The van der Waals surface area contributed by atoms with Gasteiger partial charge in [0.25, 0.3) is 0 Å². The summed E-state index contributed by atoms with van der Waals surface area (Å²) in [5.74, 6) is -0.180. The number of nitrogens with zero attached hydrogens (tertiary/aromatic N) is 1. The second-order valence-corrected chi connectivity index (χ2v) is 5.35. The molecule has 0 bridgehead atoms. The predicted molar refractivity (Wildman–Crippen MR) is 74.5 cm³/mol. The number of benzene rings is 1. The van der Waals surface area contributed by atoms with Crippen molar-refractivity contribution in [3.8, 4) is 0 Å². The van der Waals surface area contributed by atoms with Crippen molar-refractivity contribution in [3.63, 3.8) is 0 Å². The predicted octanol–water partition coefficient (Wildman–Crippen LogP) is 2.24. The van der Waals surface area contributed by atoms with Crippen molar-refractivity contribution < 1.29 is 9.13 Å². The quantitative estimate of drug-likeness (QED) is 0.888. The Morgan fingerprint density at radius 1 is 1.53 bits per heavy atom. The fraction of sp³-hybridized carbons (Fsp3) is 0.600. The van der Waals surface area contributed by atoms with Crippen LogP contribution in [-0.2, 0) is 4.74 Å². The molecule has 0 aromatic heterocycles. The van der Waals surface area contributed by atoms with Gasteiger partial charge in [0.15, 0.2) is 0 Å². The van der Waals surface area contributed by atoms with E-state index < -0.39 is 0 Å². The molecule has 4 heteroatoms. The molecule has 1 aliphatic rings. The molecule has 2 rings (SSSR count). The first-order valence-electron chi connectivity index (χ1n) is 6.89. The molecule has 0 amide bonds. The molecule has 1 aliphatic heterocycles. The molecule has 2 unspecified atom stereocenters. The Hall–Kier alpha value is -0.970. The van der Waals surface area contributed by atoms with Gasteiger partial charge in [-0.2, -0.15) is 0 Å². The van der Waals surface area contributed by atoms with Gasteiger partial charge in [-0.05, 0) is 32.9 Å². The Balaban J connectivity index is 2.11. The van der Waals surface area contributed by atoms with Crippen molar-refractivity contribution in [2.45, 2.75) is 31.9 Å². The zero-order chi connectivity index (χ0) is 13.8. The highest BCUT2D eigenvalue weighted by atomic mass is 19.1. The van der Waals surface area contributed by atoms with Gasteiger partial charge in [-0.1, -0.05) is 17.7 Å². The van der Waals surface area contributed by atoms with Crippen LogP contribution >= 0.6 is 0 Å². The van der Waals surface area contributed by atoms with Crippen LogP contribution in [0.4, 0.5) is 4.39 Å². The van der Waals surface area contributed by atoms with Crippen molar-refractivity contribution in [2.75, 3.05) is 26.7 Å². The molecule has 0 radical (unpaired) electrons. The highest BCUT2D eigenvalue weighted by Crippen LogP contribution is 2.24. The third-order valence-corrected chi connectivity index (χ3v) is 3.78. The average Bonchev–Trinajstić information content (AvgIpc) is 2.87. The van der Waals surface area contributed by atoms with Crippen LogP contribution in [0.25, 0.3) is 0 Å². The zero-order valence-corrected chi connectivity index (χ0v) is 11.7. The van der Waals surface area contributed by atoms with Crippen LogP contribution < -0.4 is 5.73 Å². The Kier molecular flexibility index (Phi) is 4.91. The standard InChI is InChI=1S/C15H23FN2O/c1-11-5-6-14(16)13(8-11)15(9-17)18(2)10-12-4-3-7-19-12/h5-6,8,12,15H,3-4,7,9-10,17H2,1-2H3. The van der Waals surface area contributed by atoms with Crippen LogP contribution in [0.15, 0.2) is 18.2 Å². The first-order chi connectivity index (χ1) is 9.11. The molecule has 1 heterocycles. The Morgan fingerprint density at radius 2 is 2.32 bits per heavy atom. The maximum absolute atomic E-state index is 14.0. The third kappa shape index (κ3) is 3.53. The maximum Gasteiger partial charge on any atom is 0.128 e. The molecule has 0 saturated carbocycles. The van der Waals surface area contributed by atoms with E-state index in [9.17, 15) is 4.39 Å². The molecule has 2 N–H and O–H groups in total. The molecular weight excluding hydrogens is 243 g/mol. The van der Waals surface area contributed by atoms with Crippen molar-refractivity contribution in [3.05, 3.63) is 35.1 Å². The first-order valence-corrected chi connectivity index (χ1v) is 6.89. The number of aryl methyl sites for hydroxylation is 1. The summed E-state index contributed by atoms with van der Waals surface area (Å²) in [4.78, 5) is 2.10. The van der Waals surface area contributed by atoms with E-state index in [0.29, 0.717) is 12.1 Å². The van der Waals surface area contributed by atoms with Crippen molar-refractivity contribution in [1.82, 2.24) is 4.90 Å². The number of hydrogen-bond donors (Lipinski definition) is 1. The van der Waals surface area contributed by atoms with E-state index in [0.717, 1.165) is 31.6 Å². The SMILES string of the molecule is Cc1ccc(F)c(C(CN)N(C)CC2CCCO2)c1. The van der Waals surface area contributed by atoms with Crippen molar-refractivity contribution in [2.24, 2.45) is 5.73 Å². The smallest absolute Gasteiger partial charge is 0.128 e. The lowest BCUT2D eigenvalue weighted by Gasteiger charge is -2.29. The molecule has 0 aliphatic carbocycles. The number of likely N-dealkylation sites (N-methyl/N-ethyl adjacent to an activating group) is 1. The van der Waals surface area contributed by atoms with Gasteiger partial charge in [-0.15, -0.1) is 0 Å². The average molecular weight is 266 g/mol. The van der Waals surface area contributed by atoms with E-state index in [2.05, 4.69) is 4.90 Å². The Bertz CT molecular complexity index is 419. The van der Waals surface area contributed by atoms with Gasteiger partial charge in [-0.25, -0.2) is 4.39 Å². The van der Waals surface area contributed by atoms with Gasteiger partial charge in [0.2, 0.25) is 0 Å². The minimum atomic E-state index is -0.180. The number of hydrogen-bond acceptors (Lipinski definition) is 3. The molecular formula is C15H23FN2O. The van der Waals surface area contributed by atoms with Gasteiger partial charge >= 0.3 is 0 Å². The molecule has 1 saturated heterocycles. The fourth-order valence-corrected chi connectivity index (χ4v) is 2.70. The summed E-state index contributed by atoms with van der Waals surface area (Å²) in [6, 6.07) is 5.10. The van der Waals surface area contributed by atoms with Crippen LogP contribution in [0.1, 0.15) is 30.0 Å². The largest absolute Gasteiger partial charge is 0.377 e. The van der Waals surface area contributed by atoms with E-state index in [1.165, 1.54) is 6.07 Å². The number of nitrogens with two attached hydrogens (primary N) is 1. The Morgan fingerprint density at radius 3 is 2.95 bits per heavy atom. The van der Waals surface area contributed by atoms with Crippen LogP contribution in [0.3, 0.4) is 0 Å². The third-order valence-electron chi connectivity index (χ3n) is 3.78. The molecule has 1 fully saturated rings. The second kappa shape index (κ2) is 6.46. The van der Waals surface area contributed by atoms with Crippen LogP contribution in [0.5, 0.6) is 0 Å². The van der Waals surface area contributed by atoms with Crippen molar-refractivity contribution >= 4 is 0 Å². The first kappa shape index (κ1) is 14.4. The minimum absolute atomic E-state index is 0.0934. The number of ether oxygens (including phenoxy) is 1.